The van der Waals surface area contributed by atoms with Crippen molar-refractivity contribution >= 4 is 128 Å². The molecule has 3 heterocycles. The van der Waals surface area contributed by atoms with Gasteiger partial charge in [-0.1, -0.05) is 97.0 Å². The van der Waals surface area contributed by atoms with Crippen molar-refractivity contribution in [3.05, 3.63) is 71.9 Å². The second kappa shape index (κ2) is 44.6. The van der Waals surface area contributed by atoms with Crippen molar-refractivity contribution in [3.8, 4) is 0 Å². The number of guanidine groups is 1. The van der Waals surface area contributed by atoms with Crippen LogP contribution in [-0.4, -0.2) is 275 Å². The molecule has 22 N–H and O–H groups in total. The molecule has 15 atom stereocenters. The molecule has 16 amide bonds. The van der Waals surface area contributed by atoms with Crippen LogP contribution in [0.15, 0.2) is 60.8 Å². The fraction of sp³-hybridized carbons (Fsp3) is 0.579. The van der Waals surface area contributed by atoms with E-state index >= 15 is 19.2 Å². The molecule has 3 unspecified atom stereocenters. The number of esters is 1. The lowest BCUT2D eigenvalue weighted by atomic mass is 9.85. The Bertz CT molecular complexity index is 4320. The molecular formula is C76H114N20O22S. The number of aliphatic hydroxyl groups excluding tert-OH is 1. The number of likely N-dealkylation sites (N-methyl/N-ethyl adjacent to an activating group) is 2. The molecule has 5 rings (SSSR count). The largest absolute Gasteiger partial charge is 0.748 e. The molecule has 656 valence electrons. The lowest BCUT2D eigenvalue weighted by molar-refractivity contribution is -0.459. The number of carbonyl (C=O) groups excluding carboxylic acids is 17. The third-order valence-corrected chi connectivity index (χ3v) is 20.5. The summed E-state index contributed by atoms with van der Waals surface area (Å²) in [5.74, 6) is -21.1. The van der Waals surface area contributed by atoms with E-state index in [1.165, 1.54) is 18.0 Å². The van der Waals surface area contributed by atoms with Crippen molar-refractivity contribution in [1.29, 1.82) is 0 Å². The van der Waals surface area contributed by atoms with Gasteiger partial charge in [-0.3, -0.25) is 98.0 Å². The number of para-hydroxylation sites is 1. The lowest BCUT2D eigenvalue weighted by Crippen LogP contribution is -2.78. The van der Waals surface area contributed by atoms with E-state index in [1.807, 2.05) is 0 Å². The zero-order chi connectivity index (χ0) is 89.2. The SMILES string of the molecule is CC(C)C[C@H]1NC(=O)[C@H](CCC(N)=O)N(C)C(=O)C(NC(=O)[C@@H](CS(=O)(=O)[O-])NC(=O)[C@H](CCC[NH+]=C(N)N)NC(=O)[C@@H](Cc2c[nH]c3ccccc23)NC(=O)C(NC(=O)C(NC(=O)[C@@H]2CCCN2C(=O)[C@H](Cc2ccccc2)NC(=O)[C@@H](C)NC=O)C(C)C)C(C)(C)C)[C@@H](C)OC(=O)CN(C)C(=O)[C@H](CC(N)=O)NC(=O)[C@H]([C@@H](C)O)NC1=O. The van der Waals surface area contributed by atoms with Crippen molar-refractivity contribution in [1.82, 2.24) is 78.2 Å². The first kappa shape index (κ1) is 97.7. The number of likely N-dealkylation sites (tertiary alicyclic amines) is 1. The Morgan fingerprint density at radius 2 is 1.33 bits per heavy atom. The Hall–Kier alpha value is -11.9. The Morgan fingerprint density at radius 1 is 0.714 bits per heavy atom. The number of nitrogens with one attached hydrogen (secondary N) is 13. The molecule has 0 radical (unpaired) electrons. The molecule has 43 heteroatoms. The topological polar surface area (TPSA) is 653 Å². The Morgan fingerprint density at radius 3 is 1.92 bits per heavy atom. The molecule has 2 aliphatic rings. The van der Waals surface area contributed by atoms with E-state index in [1.54, 1.807) is 103 Å². The van der Waals surface area contributed by atoms with E-state index in [4.69, 9.17) is 27.7 Å². The van der Waals surface area contributed by atoms with Gasteiger partial charge in [0, 0.05) is 57.0 Å². The predicted molar refractivity (Wildman–Crippen MR) is 425 cm³/mol. The molecule has 0 aliphatic carbocycles. The summed E-state index contributed by atoms with van der Waals surface area (Å²) >= 11 is 0. The highest BCUT2D eigenvalue weighted by atomic mass is 32.2. The van der Waals surface area contributed by atoms with Crippen molar-refractivity contribution in [2.75, 3.05) is 39.5 Å². The highest BCUT2D eigenvalue weighted by Gasteiger charge is 2.45. The number of rotatable bonds is 36. The number of nitrogens with two attached hydrogens (primary N) is 4. The quantitative estimate of drug-likeness (QED) is 0.00642. The minimum Gasteiger partial charge on any atom is -0.748 e. The van der Waals surface area contributed by atoms with Crippen LogP contribution in [0.25, 0.3) is 10.9 Å². The van der Waals surface area contributed by atoms with Gasteiger partial charge in [0.1, 0.15) is 91.2 Å². The second-order valence-corrected chi connectivity index (χ2v) is 32.9. The zero-order valence-electron chi connectivity index (χ0n) is 68.6. The van der Waals surface area contributed by atoms with Crippen molar-refractivity contribution in [3.63, 3.8) is 0 Å². The van der Waals surface area contributed by atoms with E-state index < -0.39 is 251 Å². The zero-order valence-corrected chi connectivity index (χ0v) is 69.5. The number of hydrogen-bond donors (Lipinski definition) is 18. The van der Waals surface area contributed by atoms with Crippen LogP contribution in [0.4, 0.5) is 0 Å². The molecule has 119 heavy (non-hydrogen) atoms. The number of primary amides is 2. The van der Waals surface area contributed by atoms with Gasteiger partial charge in [-0.2, -0.15) is 0 Å². The summed E-state index contributed by atoms with van der Waals surface area (Å²) in [6, 6.07) is -6.57. The minimum absolute atomic E-state index is 0.00916. The molecule has 0 saturated carbocycles. The molecule has 1 aromatic heterocycles. The van der Waals surface area contributed by atoms with E-state index in [9.17, 15) is 80.4 Å². The number of aromatic nitrogens is 1. The van der Waals surface area contributed by atoms with E-state index in [0.717, 1.165) is 27.9 Å². The van der Waals surface area contributed by atoms with E-state index in [0.29, 0.717) is 44.7 Å². The third kappa shape index (κ3) is 29.9. The summed E-state index contributed by atoms with van der Waals surface area (Å²) in [5, 5.41) is 38.5. The van der Waals surface area contributed by atoms with Crippen LogP contribution >= 0.6 is 0 Å². The van der Waals surface area contributed by atoms with Gasteiger partial charge in [-0.15, -0.1) is 0 Å². The number of nitrogens with zero attached hydrogens (tertiary/aromatic N) is 3. The number of amides is 16. The lowest BCUT2D eigenvalue weighted by Gasteiger charge is -2.35. The van der Waals surface area contributed by atoms with Crippen LogP contribution in [0, 0.1) is 17.3 Å². The number of ether oxygens (including phenoxy) is 1. The summed E-state index contributed by atoms with van der Waals surface area (Å²) in [6.45, 7) is 13.6. The van der Waals surface area contributed by atoms with Crippen LogP contribution in [-0.2, 0) is 109 Å². The van der Waals surface area contributed by atoms with Crippen LogP contribution < -0.4 is 86.4 Å². The highest BCUT2D eigenvalue weighted by molar-refractivity contribution is 7.85. The summed E-state index contributed by atoms with van der Waals surface area (Å²) in [5.41, 5.74) is 22.8. The maximum absolute atomic E-state index is 15.3. The predicted octanol–water partition coefficient (Wildman–Crippen LogP) is -7.89. The van der Waals surface area contributed by atoms with Gasteiger partial charge >= 0.3 is 11.9 Å². The molecule has 2 aromatic carbocycles. The molecule has 2 fully saturated rings. The van der Waals surface area contributed by atoms with Gasteiger partial charge < -0.3 is 104 Å². The Labute approximate surface area is 688 Å². The standard InChI is InChI=1S/C76H114N20O22S/c1-38(2)30-48-65(105)91-59(41(6)98)70(110)88-51(33-56(78)100)72(112)94(11)35-57(101)118-42(7)60(74(114)95(12)53(67(107)85-48)26-27-55(77)99)92-66(106)52(36-119(115,116)117)89-63(103)47(24-18-28-81-75(79)80)84-64(104)49(32-44-34-82-46-23-17-16-22-45(44)46)86-71(111)61(76(8,9)10)93-69(109)58(39(3)4)90-68(108)54-25-19-29-96(54)73(113)50(31-43-20-14-13-15-21-43)87-62(102)40(5)83-37-97/h13-17,20-23,34,37-42,47-54,58-61,82,98H,18-19,24-33,35-36H2,1-12H3,(H2,77,99)(H2,78,100)(H,83,97)(H,84,104)(H,85,107)(H,86,111)(H,87,102)(H,88,110)(H,89,103)(H,90,108)(H,91,105)(H,92,106)(H,93,109)(H4,79,80,81)(H,115,116,117)/t40-,41-,42-,47+,48-,49-,50+,51+,52-,53+,54+,58?,59+,60?,61?/m1/s1. The molecule has 0 spiro atoms. The first-order valence-electron chi connectivity index (χ1n) is 38.8. The number of benzene rings is 2. The van der Waals surface area contributed by atoms with Crippen LogP contribution in [0.3, 0.4) is 0 Å². The fourth-order valence-electron chi connectivity index (χ4n) is 13.4. The number of carbonyl (C=O) groups is 17. The summed E-state index contributed by atoms with van der Waals surface area (Å²) in [7, 11) is -3.71. The van der Waals surface area contributed by atoms with Crippen LogP contribution in [0.1, 0.15) is 132 Å². The fourth-order valence-corrected chi connectivity index (χ4v) is 14.0. The third-order valence-electron chi connectivity index (χ3n) is 19.8. The first-order valence-corrected chi connectivity index (χ1v) is 40.3. The average molecular weight is 1690 g/mol. The van der Waals surface area contributed by atoms with Gasteiger partial charge in [0.25, 0.3) is 0 Å². The molecule has 0 bridgehead atoms. The van der Waals surface area contributed by atoms with Crippen molar-refractivity contribution in [2.24, 2.45) is 40.2 Å². The van der Waals surface area contributed by atoms with Crippen LogP contribution in [0.2, 0.25) is 0 Å². The Balaban J connectivity index is 1.54. The second-order valence-electron chi connectivity index (χ2n) is 31.5. The number of H-pyrrole nitrogens is 1. The summed E-state index contributed by atoms with van der Waals surface area (Å²) < 4.78 is 44.4. The van der Waals surface area contributed by atoms with Gasteiger partial charge in [-0.05, 0) is 93.7 Å². The number of cyclic esters (lactones) is 1. The smallest absolute Gasteiger partial charge is 0.338 e. The van der Waals surface area contributed by atoms with Crippen molar-refractivity contribution in [2.45, 2.75) is 224 Å². The average Bonchev–Trinajstić information content (AvgIpc) is 1.68. The molecule has 2 aliphatic heterocycles. The normalized spacial score (nSPS) is 20.7. The molecular weight excluding hydrogens is 1580 g/mol. The van der Waals surface area contributed by atoms with E-state index in [2.05, 4.69) is 68.5 Å². The molecule has 2 saturated heterocycles. The van der Waals surface area contributed by atoms with Crippen LogP contribution in [0.5, 0.6) is 0 Å². The number of aliphatic hydroxyl groups is 1. The minimum atomic E-state index is -5.67. The monoisotopic (exact) mass is 1690 g/mol. The summed E-state index contributed by atoms with van der Waals surface area (Å²) in [4.78, 5) is 248. The molecule has 3 aromatic rings. The Kier molecular flexibility index (Phi) is 36.6. The highest BCUT2D eigenvalue weighted by Crippen LogP contribution is 2.26. The number of aromatic amines is 1. The van der Waals surface area contributed by atoms with Crippen molar-refractivity contribution < 1.29 is 109 Å². The van der Waals surface area contributed by atoms with Gasteiger partial charge in [0.2, 0.25) is 95.0 Å². The first-order chi connectivity index (χ1) is 55.6. The number of hydrogen-bond acceptors (Lipinski definition) is 22. The maximum Gasteiger partial charge on any atom is 0.338 e. The maximum atomic E-state index is 15.3. The van der Waals surface area contributed by atoms with E-state index in [-0.39, 0.29) is 51.2 Å². The number of fused-ring (bicyclic) bond motifs is 1. The van der Waals surface area contributed by atoms with Gasteiger partial charge in [0.15, 0.2) is 0 Å². The summed E-state index contributed by atoms with van der Waals surface area (Å²) in [6.07, 6.45) is -4.71. The van der Waals surface area contributed by atoms with Gasteiger partial charge in [-0.25, -0.2) is 8.42 Å². The van der Waals surface area contributed by atoms with Gasteiger partial charge in [0.05, 0.1) is 34.9 Å². The molecule has 42 nitrogen and oxygen atoms in total.